The van der Waals surface area contributed by atoms with Gasteiger partial charge in [0.05, 0.1) is 7.11 Å². The molecular formula is C14H18O2. The molecule has 0 fully saturated rings. The van der Waals surface area contributed by atoms with Crippen LogP contribution in [-0.4, -0.2) is 13.4 Å². The van der Waals surface area contributed by atoms with Crippen LogP contribution < -0.4 is 4.74 Å². The maximum atomic E-state index is 10.9. The molecule has 0 heterocycles. The van der Waals surface area contributed by atoms with Crippen molar-refractivity contribution in [1.29, 1.82) is 0 Å². The van der Waals surface area contributed by atoms with Gasteiger partial charge in [0, 0.05) is 5.92 Å². The average molecular weight is 218 g/mol. The fourth-order valence-corrected chi connectivity index (χ4v) is 2.60. The van der Waals surface area contributed by atoms with Gasteiger partial charge in [-0.1, -0.05) is 13.0 Å². The molecule has 1 aliphatic carbocycles. The predicted molar refractivity (Wildman–Crippen MR) is 63.9 cm³/mol. The lowest BCUT2D eigenvalue weighted by Gasteiger charge is -2.28. The highest BCUT2D eigenvalue weighted by molar-refractivity contribution is 5.56. The Bertz CT molecular complexity index is 384. The van der Waals surface area contributed by atoms with Crippen LogP contribution in [0.2, 0.25) is 0 Å². The van der Waals surface area contributed by atoms with Gasteiger partial charge >= 0.3 is 0 Å². The number of carbonyl (C=O) groups is 1. The summed E-state index contributed by atoms with van der Waals surface area (Å²) in [5, 5.41) is 0. The average Bonchev–Trinajstić information content (AvgIpc) is 2.36. The maximum Gasteiger partial charge on any atom is 0.123 e. The topological polar surface area (TPSA) is 26.3 Å². The molecule has 0 aliphatic heterocycles. The molecule has 1 aromatic carbocycles. The van der Waals surface area contributed by atoms with Gasteiger partial charge in [0.25, 0.3) is 0 Å². The zero-order valence-corrected chi connectivity index (χ0v) is 9.90. The van der Waals surface area contributed by atoms with Crippen molar-refractivity contribution in [2.45, 2.75) is 32.1 Å². The highest BCUT2D eigenvalue weighted by atomic mass is 16.5. The molecular weight excluding hydrogens is 200 g/mol. The van der Waals surface area contributed by atoms with Crippen molar-refractivity contribution in [3.8, 4) is 5.75 Å². The Morgan fingerprint density at radius 2 is 2.31 bits per heavy atom. The third kappa shape index (κ3) is 1.97. The van der Waals surface area contributed by atoms with E-state index < -0.39 is 0 Å². The van der Waals surface area contributed by atoms with E-state index in [0.29, 0.717) is 5.92 Å². The second-order valence-electron chi connectivity index (χ2n) is 4.56. The van der Waals surface area contributed by atoms with Gasteiger partial charge in [-0.3, -0.25) is 0 Å². The van der Waals surface area contributed by atoms with Gasteiger partial charge in [0.2, 0.25) is 0 Å². The molecule has 1 aliphatic rings. The second-order valence-corrected chi connectivity index (χ2v) is 4.56. The SMILES string of the molecule is COc1ccc2c(c1)CCCC2C(C)C=O. The van der Waals surface area contributed by atoms with Gasteiger partial charge < -0.3 is 9.53 Å². The van der Waals surface area contributed by atoms with E-state index in [1.807, 2.05) is 13.0 Å². The van der Waals surface area contributed by atoms with E-state index in [4.69, 9.17) is 4.74 Å². The Morgan fingerprint density at radius 3 is 3.00 bits per heavy atom. The molecule has 2 nitrogen and oxygen atoms in total. The molecule has 0 aromatic heterocycles. The Kier molecular flexibility index (Phi) is 3.28. The highest BCUT2D eigenvalue weighted by Crippen LogP contribution is 2.37. The lowest BCUT2D eigenvalue weighted by Crippen LogP contribution is -2.17. The van der Waals surface area contributed by atoms with Gasteiger partial charge in [-0.05, 0) is 48.4 Å². The minimum atomic E-state index is 0.118. The van der Waals surface area contributed by atoms with Crippen LogP contribution in [0.25, 0.3) is 0 Å². The van der Waals surface area contributed by atoms with Crippen LogP contribution in [-0.2, 0) is 11.2 Å². The number of benzene rings is 1. The van der Waals surface area contributed by atoms with Crippen LogP contribution >= 0.6 is 0 Å². The van der Waals surface area contributed by atoms with E-state index >= 15 is 0 Å². The number of hydrogen-bond donors (Lipinski definition) is 0. The zero-order chi connectivity index (χ0) is 11.5. The summed E-state index contributed by atoms with van der Waals surface area (Å²) in [6, 6.07) is 6.23. The molecule has 86 valence electrons. The number of fused-ring (bicyclic) bond motifs is 1. The van der Waals surface area contributed by atoms with E-state index in [1.165, 1.54) is 17.5 Å². The number of hydrogen-bond acceptors (Lipinski definition) is 2. The van der Waals surface area contributed by atoms with Gasteiger partial charge in [-0.2, -0.15) is 0 Å². The lowest BCUT2D eigenvalue weighted by molar-refractivity contribution is -0.111. The van der Waals surface area contributed by atoms with Crippen LogP contribution in [0, 0.1) is 5.92 Å². The van der Waals surface area contributed by atoms with Crippen molar-refractivity contribution >= 4 is 6.29 Å². The fourth-order valence-electron chi connectivity index (χ4n) is 2.60. The van der Waals surface area contributed by atoms with Crippen LogP contribution in [0.1, 0.15) is 36.8 Å². The summed E-state index contributed by atoms with van der Waals surface area (Å²) in [5.41, 5.74) is 2.69. The van der Waals surface area contributed by atoms with Crippen LogP contribution in [0.5, 0.6) is 5.75 Å². The monoisotopic (exact) mass is 218 g/mol. The van der Waals surface area contributed by atoms with Crippen molar-refractivity contribution in [3.05, 3.63) is 29.3 Å². The number of rotatable bonds is 3. The summed E-state index contributed by atoms with van der Waals surface area (Å²) >= 11 is 0. The molecule has 2 atom stereocenters. The first-order chi connectivity index (χ1) is 7.76. The van der Waals surface area contributed by atoms with Gasteiger partial charge in [0.1, 0.15) is 12.0 Å². The Morgan fingerprint density at radius 1 is 1.50 bits per heavy atom. The number of aryl methyl sites for hydroxylation is 1. The molecule has 2 rings (SSSR count). The van der Waals surface area contributed by atoms with E-state index in [1.54, 1.807) is 7.11 Å². The standard InChI is InChI=1S/C14H18O2/c1-10(9-15)13-5-3-4-11-8-12(16-2)6-7-14(11)13/h6-10,13H,3-5H2,1-2H3. The summed E-state index contributed by atoms with van der Waals surface area (Å²) in [7, 11) is 1.69. The highest BCUT2D eigenvalue weighted by Gasteiger charge is 2.24. The molecule has 2 heteroatoms. The summed E-state index contributed by atoms with van der Waals surface area (Å²) in [4.78, 5) is 10.9. The Labute approximate surface area is 96.6 Å². The van der Waals surface area contributed by atoms with E-state index in [-0.39, 0.29) is 5.92 Å². The minimum absolute atomic E-state index is 0.118. The smallest absolute Gasteiger partial charge is 0.123 e. The van der Waals surface area contributed by atoms with Crippen molar-refractivity contribution in [2.24, 2.45) is 5.92 Å². The first kappa shape index (κ1) is 11.2. The molecule has 2 unspecified atom stereocenters. The van der Waals surface area contributed by atoms with Crippen molar-refractivity contribution in [1.82, 2.24) is 0 Å². The van der Waals surface area contributed by atoms with E-state index in [0.717, 1.165) is 24.9 Å². The van der Waals surface area contributed by atoms with Gasteiger partial charge in [0.15, 0.2) is 0 Å². The molecule has 0 bridgehead atoms. The lowest BCUT2D eigenvalue weighted by atomic mass is 9.77. The maximum absolute atomic E-state index is 10.9. The summed E-state index contributed by atoms with van der Waals surface area (Å²) in [6.07, 6.45) is 4.47. The Balaban J connectivity index is 2.35. The molecule has 0 spiro atoms. The molecule has 0 N–H and O–H groups in total. The predicted octanol–water partition coefficient (Wildman–Crippen LogP) is 2.95. The quantitative estimate of drug-likeness (QED) is 0.729. The molecule has 0 saturated carbocycles. The largest absolute Gasteiger partial charge is 0.497 e. The van der Waals surface area contributed by atoms with Crippen LogP contribution in [0.4, 0.5) is 0 Å². The van der Waals surface area contributed by atoms with E-state index in [9.17, 15) is 4.79 Å². The third-order valence-corrected chi connectivity index (χ3v) is 3.56. The minimum Gasteiger partial charge on any atom is -0.497 e. The summed E-state index contributed by atoms with van der Waals surface area (Å²) in [5.74, 6) is 1.43. The normalized spacial score (nSPS) is 21.0. The van der Waals surface area contributed by atoms with Gasteiger partial charge in [-0.25, -0.2) is 0 Å². The molecule has 16 heavy (non-hydrogen) atoms. The molecule has 1 aromatic rings. The van der Waals surface area contributed by atoms with Crippen molar-refractivity contribution in [3.63, 3.8) is 0 Å². The zero-order valence-electron chi connectivity index (χ0n) is 9.90. The molecule has 0 radical (unpaired) electrons. The number of ether oxygens (including phenoxy) is 1. The van der Waals surface area contributed by atoms with Crippen molar-refractivity contribution < 1.29 is 9.53 Å². The summed E-state index contributed by atoms with van der Waals surface area (Å²) < 4.78 is 5.23. The van der Waals surface area contributed by atoms with Crippen LogP contribution in [0.3, 0.4) is 0 Å². The Hall–Kier alpha value is -1.31. The number of aldehydes is 1. The fraction of sp³-hybridized carbons (Fsp3) is 0.500. The first-order valence-electron chi connectivity index (χ1n) is 5.88. The number of methoxy groups -OCH3 is 1. The third-order valence-electron chi connectivity index (χ3n) is 3.56. The number of carbonyl (C=O) groups excluding carboxylic acids is 1. The second kappa shape index (κ2) is 4.69. The van der Waals surface area contributed by atoms with Crippen molar-refractivity contribution in [2.75, 3.05) is 7.11 Å². The summed E-state index contributed by atoms with van der Waals surface area (Å²) in [6.45, 7) is 2.01. The van der Waals surface area contributed by atoms with E-state index in [2.05, 4.69) is 12.1 Å². The first-order valence-corrected chi connectivity index (χ1v) is 5.88. The molecule has 0 amide bonds. The van der Waals surface area contributed by atoms with Gasteiger partial charge in [-0.15, -0.1) is 0 Å². The molecule has 0 saturated heterocycles. The van der Waals surface area contributed by atoms with Crippen LogP contribution in [0.15, 0.2) is 18.2 Å².